The van der Waals surface area contributed by atoms with E-state index in [0.717, 1.165) is 50.6 Å². The second-order valence-electron chi connectivity index (χ2n) is 15.0. The number of fused-ring (bicyclic) bond motifs is 7. The SMILES string of the molecule is CONC1=CC[C@@]2(C)C(CC[C@]3(C)[C@@H]2C(=O)C=C2[C@@H]4C[C@@](C)(C(=O)NO)CC[C@]4(C)CC[C@]23C)C1(C)C. The first kappa shape index (κ1) is 26.9. The first-order chi connectivity index (χ1) is 17.1. The van der Waals surface area contributed by atoms with Crippen LogP contribution in [0, 0.1) is 50.2 Å². The summed E-state index contributed by atoms with van der Waals surface area (Å²) in [6.45, 7) is 16.2. The highest BCUT2D eigenvalue weighted by Gasteiger charge is 2.69. The van der Waals surface area contributed by atoms with Crippen molar-refractivity contribution in [2.24, 2.45) is 50.2 Å². The summed E-state index contributed by atoms with van der Waals surface area (Å²) in [5.41, 5.74) is 6.50. The summed E-state index contributed by atoms with van der Waals surface area (Å²) in [5.74, 6) is 0.515. The van der Waals surface area contributed by atoms with E-state index in [4.69, 9.17) is 4.84 Å². The molecule has 0 aromatic heterocycles. The summed E-state index contributed by atoms with van der Waals surface area (Å²) in [6, 6.07) is 0. The highest BCUT2D eigenvalue weighted by Crippen LogP contribution is 2.74. The molecular weight excluding hydrogens is 464 g/mol. The molecular formula is C31H48N2O4. The molecule has 5 aliphatic rings. The molecule has 37 heavy (non-hydrogen) atoms. The van der Waals surface area contributed by atoms with Crippen LogP contribution in [0.1, 0.15) is 99.8 Å². The van der Waals surface area contributed by atoms with Gasteiger partial charge in [0.15, 0.2) is 5.78 Å². The average Bonchev–Trinajstić information content (AvgIpc) is 2.82. The zero-order valence-electron chi connectivity index (χ0n) is 24.2. The van der Waals surface area contributed by atoms with Crippen molar-refractivity contribution in [1.29, 1.82) is 0 Å². The minimum Gasteiger partial charge on any atom is -0.295 e. The zero-order chi connectivity index (χ0) is 27.2. The van der Waals surface area contributed by atoms with Gasteiger partial charge in [-0.15, -0.1) is 0 Å². The van der Waals surface area contributed by atoms with Gasteiger partial charge in [-0.25, -0.2) is 5.48 Å². The number of rotatable bonds is 3. The molecule has 8 atom stereocenters. The van der Waals surface area contributed by atoms with Gasteiger partial charge >= 0.3 is 0 Å². The van der Waals surface area contributed by atoms with Crippen molar-refractivity contribution in [1.82, 2.24) is 11.0 Å². The molecule has 206 valence electrons. The van der Waals surface area contributed by atoms with Crippen LogP contribution in [0.3, 0.4) is 0 Å². The van der Waals surface area contributed by atoms with Crippen molar-refractivity contribution in [2.75, 3.05) is 7.11 Å². The number of nitrogens with one attached hydrogen (secondary N) is 2. The lowest BCUT2D eigenvalue weighted by atomic mass is 9.34. The van der Waals surface area contributed by atoms with E-state index in [1.54, 1.807) is 7.11 Å². The van der Waals surface area contributed by atoms with E-state index >= 15 is 0 Å². The molecule has 0 spiro atoms. The molecule has 6 nitrogen and oxygen atoms in total. The molecule has 0 aliphatic heterocycles. The smallest absolute Gasteiger partial charge is 0.249 e. The Balaban J connectivity index is 1.60. The first-order valence-corrected chi connectivity index (χ1v) is 14.3. The van der Waals surface area contributed by atoms with Crippen LogP contribution in [0.5, 0.6) is 0 Å². The van der Waals surface area contributed by atoms with Gasteiger partial charge < -0.3 is 0 Å². The molecule has 0 bridgehead atoms. The highest BCUT2D eigenvalue weighted by atomic mass is 16.6. The third-order valence-electron chi connectivity index (χ3n) is 13.0. The Morgan fingerprint density at radius 3 is 2.35 bits per heavy atom. The summed E-state index contributed by atoms with van der Waals surface area (Å²) >= 11 is 0. The fraction of sp³-hybridized carbons (Fsp3) is 0.806. The van der Waals surface area contributed by atoms with Gasteiger partial charge in [-0.05, 0) is 90.9 Å². The molecule has 1 amide bonds. The Morgan fingerprint density at radius 2 is 1.70 bits per heavy atom. The molecule has 6 heteroatoms. The van der Waals surface area contributed by atoms with E-state index in [9.17, 15) is 14.8 Å². The summed E-state index contributed by atoms with van der Waals surface area (Å²) in [4.78, 5) is 32.4. The summed E-state index contributed by atoms with van der Waals surface area (Å²) in [5, 5.41) is 9.48. The minimum atomic E-state index is -0.620. The minimum absolute atomic E-state index is 0.0350. The third-order valence-corrected chi connectivity index (χ3v) is 13.0. The van der Waals surface area contributed by atoms with Gasteiger partial charge in [-0.1, -0.05) is 60.1 Å². The normalized spacial score (nSPS) is 48.4. The van der Waals surface area contributed by atoms with E-state index in [1.807, 2.05) is 18.5 Å². The second-order valence-corrected chi connectivity index (χ2v) is 15.0. The van der Waals surface area contributed by atoms with E-state index in [-0.39, 0.29) is 50.6 Å². The summed E-state index contributed by atoms with van der Waals surface area (Å²) in [7, 11) is 1.66. The summed E-state index contributed by atoms with van der Waals surface area (Å²) < 4.78 is 0. The quantitative estimate of drug-likeness (QED) is 0.313. The zero-order valence-corrected chi connectivity index (χ0v) is 24.2. The molecule has 3 saturated carbocycles. The van der Waals surface area contributed by atoms with Gasteiger partial charge in [0.2, 0.25) is 5.91 Å². The number of hydrogen-bond donors (Lipinski definition) is 3. The topological polar surface area (TPSA) is 87.7 Å². The van der Waals surface area contributed by atoms with E-state index in [1.165, 1.54) is 5.57 Å². The van der Waals surface area contributed by atoms with E-state index in [0.29, 0.717) is 12.3 Å². The largest absolute Gasteiger partial charge is 0.295 e. The van der Waals surface area contributed by atoms with E-state index in [2.05, 4.69) is 53.1 Å². The lowest BCUT2D eigenvalue weighted by molar-refractivity contribution is -0.176. The number of hydrogen-bond acceptors (Lipinski definition) is 5. The number of ketones is 1. The van der Waals surface area contributed by atoms with Crippen LogP contribution in [0.2, 0.25) is 0 Å². The molecule has 0 radical (unpaired) electrons. The number of hydroxylamine groups is 2. The number of amides is 1. The summed E-state index contributed by atoms with van der Waals surface area (Å²) in [6.07, 6.45) is 11.9. The molecule has 5 rings (SSSR count). The van der Waals surface area contributed by atoms with Crippen LogP contribution >= 0.6 is 0 Å². The Kier molecular flexibility index (Phi) is 5.95. The number of allylic oxidation sites excluding steroid dienone is 4. The molecule has 0 heterocycles. The van der Waals surface area contributed by atoms with Gasteiger partial charge in [0.25, 0.3) is 0 Å². The maximum atomic E-state index is 14.4. The highest BCUT2D eigenvalue weighted by molar-refractivity contribution is 5.96. The second kappa shape index (κ2) is 8.17. The molecule has 5 aliphatic carbocycles. The monoisotopic (exact) mass is 512 g/mol. The molecule has 0 aromatic rings. The van der Waals surface area contributed by atoms with Crippen molar-refractivity contribution in [3.05, 3.63) is 23.4 Å². The van der Waals surface area contributed by atoms with Crippen molar-refractivity contribution in [3.8, 4) is 0 Å². The van der Waals surface area contributed by atoms with Crippen LogP contribution in [0.25, 0.3) is 0 Å². The van der Waals surface area contributed by atoms with Gasteiger partial charge in [0, 0.05) is 22.4 Å². The van der Waals surface area contributed by atoms with Crippen molar-refractivity contribution in [2.45, 2.75) is 99.8 Å². The molecule has 1 unspecified atom stereocenters. The molecule has 0 saturated heterocycles. The Labute approximate surface area is 223 Å². The van der Waals surface area contributed by atoms with Crippen LogP contribution in [0.15, 0.2) is 23.4 Å². The molecule has 3 N–H and O–H groups in total. The Bertz CT molecular complexity index is 1080. The number of carbonyl (C=O) groups is 2. The van der Waals surface area contributed by atoms with Crippen LogP contribution in [0.4, 0.5) is 0 Å². The number of carbonyl (C=O) groups excluding carboxylic acids is 2. The average molecular weight is 513 g/mol. The molecule has 0 aromatic carbocycles. The van der Waals surface area contributed by atoms with Gasteiger partial charge in [0.05, 0.1) is 7.11 Å². The van der Waals surface area contributed by atoms with Crippen molar-refractivity contribution in [3.63, 3.8) is 0 Å². The fourth-order valence-corrected chi connectivity index (χ4v) is 10.4. The fourth-order valence-electron chi connectivity index (χ4n) is 10.4. The standard InChI is InChI=1S/C31H48N2O4/c1-26(2)22-9-12-31(7)24(29(22,5)11-10-23(26)33-37-8)21(34)17-19-20-18-28(4,25(35)32-36)14-13-27(20,3)15-16-30(19,31)6/h10,17,20,22,24,33,36H,9,11-16,18H2,1-8H3,(H,32,35)/t20-,22?,24+,27+,28-,29-,30+,31+/m0/s1. The first-order valence-electron chi connectivity index (χ1n) is 14.3. The van der Waals surface area contributed by atoms with Crippen LogP contribution in [-0.2, 0) is 14.4 Å². The Morgan fingerprint density at radius 1 is 1.03 bits per heavy atom. The maximum Gasteiger partial charge on any atom is 0.249 e. The molecule has 3 fully saturated rings. The lowest BCUT2D eigenvalue weighted by Crippen LogP contribution is -2.65. The van der Waals surface area contributed by atoms with Gasteiger partial charge in [-0.3, -0.25) is 25.1 Å². The lowest BCUT2D eigenvalue weighted by Gasteiger charge is -2.69. The van der Waals surface area contributed by atoms with Gasteiger partial charge in [0.1, 0.15) is 0 Å². The predicted molar refractivity (Wildman–Crippen MR) is 143 cm³/mol. The maximum absolute atomic E-state index is 14.4. The Hall–Kier alpha value is -1.66. The third kappa shape index (κ3) is 3.36. The predicted octanol–water partition coefficient (Wildman–Crippen LogP) is 6.12. The van der Waals surface area contributed by atoms with E-state index < -0.39 is 5.41 Å². The van der Waals surface area contributed by atoms with Crippen molar-refractivity contribution >= 4 is 11.7 Å². The van der Waals surface area contributed by atoms with Crippen LogP contribution < -0.4 is 11.0 Å². The van der Waals surface area contributed by atoms with Crippen LogP contribution in [-0.4, -0.2) is 24.0 Å². The van der Waals surface area contributed by atoms with Gasteiger partial charge in [-0.2, -0.15) is 0 Å². The van der Waals surface area contributed by atoms with Crippen molar-refractivity contribution < 1.29 is 19.6 Å².